The van der Waals surface area contributed by atoms with Gasteiger partial charge in [0, 0.05) is 26.1 Å². The summed E-state index contributed by atoms with van der Waals surface area (Å²) in [6.45, 7) is 2.82. The van der Waals surface area contributed by atoms with Crippen LogP contribution >= 0.6 is 0 Å². The van der Waals surface area contributed by atoms with Gasteiger partial charge in [0.25, 0.3) is 5.91 Å². The lowest BCUT2D eigenvalue weighted by Gasteiger charge is -2.12. The summed E-state index contributed by atoms with van der Waals surface area (Å²) in [6.07, 6.45) is 0.175. The fourth-order valence-electron chi connectivity index (χ4n) is 3.39. The smallest absolute Gasteiger partial charge is 0.329 e. The van der Waals surface area contributed by atoms with Crippen LogP contribution in [0.4, 0.5) is 0 Å². The Balaban J connectivity index is 1.61. The number of para-hydroxylation sites is 2. The number of hydrogen-bond donors (Lipinski definition) is 2. The molecule has 0 unspecified atom stereocenters. The quantitative estimate of drug-likeness (QED) is 0.508. The Morgan fingerprint density at radius 3 is 2.42 bits per heavy atom. The molecule has 9 heteroatoms. The van der Waals surface area contributed by atoms with Gasteiger partial charge in [-0.25, -0.2) is 4.79 Å². The van der Waals surface area contributed by atoms with Gasteiger partial charge >= 0.3 is 5.69 Å². The molecule has 164 valence electrons. The predicted molar refractivity (Wildman–Crippen MR) is 116 cm³/mol. The van der Waals surface area contributed by atoms with Crippen molar-refractivity contribution in [2.24, 2.45) is 5.73 Å². The molecule has 0 spiro atoms. The third kappa shape index (κ3) is 5.06. The van der Waals surface area contributed by atoms with E-state index in [1.54, 1.807) is 27.3 Å². The van der Waals surface area contributed by atoms with E-state index < -0.39 is 5.91 Å². The fraction of sp³-hybridized carbons (Fsp3) is 0.318. The Labute approximate surface area is 179 Å². The predicted octanol–water partition coefficient (Wildman–Crippen LogP) is 1.40. The van der Waals surface area contributed by atoms with Gasteiger partial charge in [-0.2, -0.15) is 0 Å². The molecule has 0 aliphatic rings. The maximum absolute atomic E-state index is 12.6. The molecule has 9 nitrogen and oxygen atoms in total. The number of aromatic nitrogens is 2. The lowest BCUT2D eigenvalue weighted by atomic mass is 10.2. The molecular weight excluding hydrogens is 400 g/mol. The molecule has 0 aliphatic heterocycles. The first-order valence-corrected chi connectivity index (χ1v) is 9.97. The number of primary amides is 1. The van der Waals surface area contributed by atoms with Crippen LogP contribution in [0.2, 0.25) is 0 Å². The average molecular weight is 426 g/mol. The fourth-order valence-corrected chi connectivity index (χ4v) is 3.39. The zero-order chi connectivity index (χ0) is 22.4. The molecule has 3 rings (SSSR count). The number of aryl methyl sites for hydroxylation is 2. The molecule has 0 atom stereocenters. The topological polar surface area (TPSA) is 118 Å². The largest absolute Gasteiger partial charge is 0.493 e. The van der Waals surface area contributed by atoms with Crippen molar-refractivity contribution in [3.63, 3.8) is 0 Å². The monoisotopic (exact) mass is 426 g/mol. The maximum Gasteiger partial charge on any atom is 0.329 e. The molecule has 3 aromatic rings. The molecule has 3 N–H and O–H groups in total. The van der Waals surface area contributed by atoms with Gasteiger partial charge in [-0.05, 0) is 36.8 Å². The summed E-state index contributed by atoms with van der Waals surface area (Å²) in [7, 11) is 1.49. The Kier molecular flexibility index (Phi) is 6.96. The lowest BCUT2D eigenvalue weighted by Crippen LogP contribution is -2.28. The molecule has 0 aliphatic carbocycles. The van der Waals surface area contributed by atoms with E-state index in [0.717, 1.165) is 16.6 Å². The number of carbonyl (C=O) groups excluding carboxylic acids is 2. The van der Waals surface area contributed by atoms with Gasteiger partial charge in [0.05, 0.1) is 18.1 Å². The van der Waals surface area contributed by atoms with Crippen LogP contribution < -0.4 is 26.2 Å². The Morgan fingerprint density at radius 1 is 1.06 bits per heavy atom. The second-order valence-corrected chi connectivity index (χ2v) is 6.93. The second kappa shape index (κ2) is 9.84. The molecular formula is C22H26N4O5. The number of ether oxygens (including phenoxy) is 2. The van der Waals surface area contributed by atoms with E-state index in [0.29, 0.717) is 24.6 Å². The summed E-state index contributed by atoms with van der Waals surface area (Å²) in [5.41, 5.74) is 7.45. The number of nitrogens with zero attached hydrogens (tertiary/aromatic N) is 2. The van der Waals surface area contributed by atoms with E-state index in [4.69, 9.17) is 15.2 Å². The van der Waals surface area contributed by atoms with Gasteiger partial charge in [0.1, 0.15) is 0 Å². The molecule has 2 amide bonds. The van der Waals surface area contributed by atoms with E-state index in [1.165, 1.54) is 7.11 Å². The summed E-state index contributed by atoms with van der Waals surface area (Å²) < 4.78 is 13.9. The molecule has 0 fully saturated rings. The maximum atomic E-state index is 12.6. The van der Waals surface area contributed by atoms with E-state index in [-0.39, 0.29) is 31.2 Å². The van der Waals surface area contributed by atoms with E-state index in [1.807, 2.05) is 31.2 Å². The van der Waals surface area contributed by atoms with Gasteiger partial charge in [0.2, 0.25) is 5.91 Å². The van der Waals surface area contributed by atoms with Crippen LogP contribution in [0.15, 0.2) is 47.3 Å². The van der Waals surface area contributed by atoms with Crippen LogP contribution in [-0.2, 0) is 29.2 Å². The first-order chi connectivity index (χ1) is 14.9. The van der Waals surface area contributed by atoms with Crippen molar-refractivity contribution in [3.05, 3.63) is 58.5 Å². The highest BCUT2D eigenvalue weighted by Gasteiger charge is 2.13. The summed E-state index contributed by atoms with van der Waals surface area (Å²) in [4.78, 5) is 35.9. The number of nitrogens with two attached hydrogens (primary N) is 1. The normalized spacial score (nSPS) is 10.8. The van der Waals surface area contributed by atoms with Crippen LogP contribution in [0.25, 0.3) is 11.0 Å². The summed E-state index contributed by atoms with van der Waals surface area (Å²) in [5.74, 6) is 0.0720. The number of fused-ring (bicyclic) bond motifs is 1. The number of imidazole rings is 1. The molecule has 31 heavy (non-hydrogen) atoms. The van der Waals surface area contributed by atoms with Gasteiger partial charge in [-0.15, -0.1) is 0 Å². The summed E-state index contributed by atoms with van der Waals surface area (Å²) >= 11 is 0. The van der Waals surface area contributed by atoms with Gasteiger partial charge in [-0.3, -0.25) is 18.7 Å². The van der Waals surface area contributed by atoms with Crippen LogP contribution in [-0.4, -0.2) is 34.7 Å². The third-order valence-electron chi connectivity index (χ3n) is 4.89. The van der Waals surface area contributed by atoms with E-state index in [9.17, 15) is 14.4 Å². The highest BCUT2D eigenvalue weighted by atomic mass is 16.5. The molecule has 0 bridgehead atoms. The summed E-state index contributed by atoms with van der Waals surface area (Å²) in [6, 6.07) is 12.7. The molecule has 0 saturated carbocycles. The molecule has 0 radical (unpaired) electrons. The minimum atomic E-state index is -0.584. The van der Waals surface area contributed by atoms with Crippen molar-refractivity contribution in [1.29, 1.82) is 0 Å². The average Bonchev–Trinajstić information content (AvgIpc) is 3.05. The highest BCUT2D eigenvalue weighted by molar-refractivity contribution is 5.78. The van der Waals surface area contributed by atoms with Crippen molar-refractivity contribution in [1.82, 2.24) is 14.5 Å². The minimum absolute atomic E-state index is 0.118. The van der Waals surface area contributed by atoms with Crippen molar-refractivity contribution < 1.29 is 19.1 Å². The van der Waals surface area contributed by atoms with Crippen molar-refractivity contribution in [3.8, 4) is 11.5 Å². The van der Waals surface area contributed by atoms with Gasteiger partial charge < -0.3 is 20.5 Å². The molecule has 1 heterocycles. The first kappa shape index (κ1) is 21.9. The van der Waals surface area contributed by atoms with Crippen molar-refractivity contribution >= 4 is 22.8 Å². The lowest BCUT2D eigenvalue weighted by molar-refractivity contribution is -0.121. The third-order valence-corrected chi connectivity index (χ3v) is 4.89. The van der Waals surface area contributed by atoms with Gasteiger partial charge in [-0.1, -0.05) is 18.2 Å². The summed E-state index contributed by atoms with van der Waals surface area (Å²) in [5, 5.41) is 2.85. The van der Waals surface area contributed by atoms with Crippen LogP contribution in [0.3, 0.4) is 0 Å². The number of nitrogens with one attached hydrogen (secondary N) is 1. The SMILES string of the molecule is CCn1c(=O)n(CCC(=O)NCc2ccc(OCC(N)=O)c(OC)c2)c2ccccc21. The number of amides is 2. The minimum Gasteiger partial charge on any atom is -0.493 e. The van der Waals surface area contributed by atoms with Gasteiger partial charge in [0.15, 0.2) is 18.1 Å². The van der Waals surface area contributed by atoms with Crippen LogP contribution in [0.5, 0.6) is 11.5 Å². The van der Waals surface area contributed by atoms with E-state index >= 15 is 0 Å². The van der Waals surface area contributed by atoms with E-state index in [2.05, 4.69) is 5.32 Å². The molecule has 0 saturated heterocycles. The van der Waals surface area contributed by atoms with Crippen molar-refractivity contribution in [2.45, 2.75) is 33.0 Å². The zero-order valence-corrected chi connectivity index (χ0v) is 17.6. The Morgan fingerprint density at radius 2 is 1.77 bits per heavy atom. The number of benzene rings is 2. The van der Waals surface area contributed by atoms with Crippen LogP contribution in [0, 0.1) is 0 Å². The number of rotatable bonds is 10. The number of hydrogen-bond acceptors (Lipinski definition) is 5. The highest BCUT2D eigenvalue weighted by Crippen LogP contribution is 2.28. The molecule has 2 aromatic carbocycles. The molecule has 1 aromatic heterocycles. The number of methoxy groups -OCH3 is 1. The first-order valence-electron chi connectivity index (χ1n) is 9.97. The Hall–Kier alpha value is -3.75. The van der Waals surface area contributed by atoms with Crippen LogP contribution in [0.1, 0.15) is 18.9 Å². The van der Waals surface area contributed by atoms with Crippen molar-refractivity contribution in [2.75, 3.05) is 13.7 Å². The Bertz CT molecular complexity index is 1150. The second-order valence-electron chi connectivity index (χ2n) is 6.93. The zero-order valence-electron chi connectivity index (χ0n) is 17.6. The standard InChI is InChI=1S/C22H26N4O5/c1-3-25-16-6-4-5-7-17(16)26(22(25)29)11-10-21(28)24-13-15-8-9-18(19(12-15)30-2)31-14-20(23)27/h4-9,12H,3,10-11,13-14H2,1-2H3,(H2,23,27)(H,24,28). The number of carbonyl (C=O) groups is 2.